The molecule has 4 heteroatoms. The zero-order valence-electron chi connectivity index (χ0n) is 12.2. The molecule has 1 aromatic rings. The molecule has 0 aliphatic heterocycles. The second-order valence-electron chi connectivity index (χ2n) is 5.40. The summed E-state index contributed by atoms with van der Waals surface area (Å²) in [6, 6.07) is 5.18. The summed E-state index contributed by atoms with van der Waals surface area (Å²) in [5.41, 5.74) is 6.87. The first-order valence-corrected chi connectivity index (χ1v) is 7.29. The van der Waals surface area contributed by atoms with Crippen LogP contribution < -0.4 is 10.5 Å². The Morgan fingerprint density at radius 3 is 2.90 bits per heavy atom. The number of methoxy groups -OCH3 is 1. The molecule has 0 spiro atoms. The molecule has 2 atom stereocenters. The lowest BCUT2D eigenvalue weighted by molar-refractivity contribution is 0.0587. The summed E-state index contributed by atoms with van der Waals surface area (Å²) < 4.78 is 10.8. The molecule has 1 saturated carbocycles. The minimum absolute atomic E-state index is 0.141. The fraction of sp³-hybridized carbons (Fsp3) is 0.562. The van der Waals surface area contributed by atoms with Gasteiger partial charge in [-0.1, -0.05) is 25.8 Å². The van der Waals surface area contributed by atoms with E-state index in [2.05, 4.69) is 6.92 Å². The SMILES string of the molecule is CCC1CCCC(Oc2c(N)cccc2C(=O)OC)C1. The summed E-state index contributed by atoms with van der Waals surface area (Å²) in [6.07, 6.45) is 5.81. The molecule has 0 saturated heterocycles. The molecule has 1 aliphatic rings. The van der Waals surface area contributed by atoms with Gasteiger partial charge in [0.1, 0.15) is 5.56 Å². The van der Waals surface area contributed by atoms with Gasteiger partial charge in [0.05, 0.1) is 18.9 Å². The van der Waals surface area contributed by atoms with Crippen LogP contribution in [-0.2, 0) is 4.74 Å². The van der Waals surface area contributed by atoms with Gasteiger partial charge in [-0.15, -0.1) is 0 Å². The standard InChI is InChI=1S/C16H23NO3/c1-3-11-6-4-7-12(10-11)20-15-13(16(18)19-2)8-5-9-14(15)17/h5,8-9,11-12H,3-4,6-7,10,17H2,1-2H3. The average molecular weight is 277 g/mol. The number of para-hydroxylation sites is 1. The van der Waals surface area contributed by atoms with Gasteiger partial charge in [-0.25, -0.2) is 4.79 Å². The first-order valence-electron chi connectivity index (χ1n) is 7.29. The van der Waals surface area contributed by atoms with E-state index in [-0.39, 0.29) is 6.10 Å². The van der Waals surface area contributed by atoms with E-state index in [1.54, 1.807) is 18.2 Å². The van der Waals surface area contributed by atoms with Crippen LogP contribution in [-0.4, -0.2) is 19.2 Å². The largest absolute Gasteiger partial charge is 0.487 e. The number of ether oxygens (including phenoxy) is 2. The predicted octanol–water partition coefficient (Wildman–Crippen LogP) is 3.40. The van der Waals surface area contributed by atoms with Crippen molar-refractivity contribution in [1.82, 2.24) is 0 Å². The first kappa shape index (κ1) is 14.7. The Balaban J connectivity index is 2.17. The Morgan fingerprint density at radius 2 is 2.20 bits per heavy atom. The highest BCUT2D eigenvalue weighted by molar-refractivity contribution is 5.94. The zero-order valence-corrected chi connectivity index (χ0v) is 12.2. The molecule has 0 amide bonds. The van der Waals surface area contributed by atoms with Crippen LogP contribution in [0.5, 0.6) is 5.75 Å². The lowest BCUT2D eigenvalue weighted by atomic mass is 9.85. The van der Waals surface area contributed by atoms with Crippen LogP contribution in [0.2, 0.25) is 0 Å². The van der Waals surface area contributed by atoms with Gasteiger partial charge in [-0.2, -0.15) is 0 Å². The molecule has 2 rings (SSSR count). The van der Waals surface area contributed by atoms with Crippen LogP contribution in [0.4, 0.5) is 5.69 Å². The van der Waals surface area contributed by atoms with Crippen molar-refractivity contribution in [3.8, 4) is 5.75 Å². The highest BCUT2D eigenvalue weighted by Gasteiger charge is 2.25. The summed E-state index contributed by atoms with van der Waals surface area (Å²) >= 11 is 0. The molecule has 20 heavy (non-hydrogen) atoms. The number of rotatable bonds is 4. The number of carbonyl (C=O) groups is 1. The fourth-order valence-electron chi connectivity index (χ4n) is 2.84. The monoisotopic (exact) mass is 277 g/mol. The van der Waals surface area contributed by atoms with Gasteiger partial charge in [-0.3, -0.25) is 0 Å². The molecule has 1 fully saturated rings. The number of benzene rings is 1. The van der Waals surface area contributed by atoms with E-state index >= 15 is 0 Å². The maximum absolute atomic E-state index is 11.8. The minimum Gasteiger partial charge on any atom is -0.487 e. The van der Waals surface area contributed by atoms with Gasteiger partial charge in [0.15, 0.2) is 5.75 Å². The number of hydrogen-bond acceptors (Lipinski definition) is 4. The van der Waals surface area contributed by atoms with Gasteiger partial charge in [0.25, 0.3) is 0 Å². The second kappa shape index (κ2) is 6.64. The average Bonchev–Trinajstić information content (AvgIpc) is 2.48. The van der Waals surface area contributed by atoms with Crippen molar-refractivity contribution in [1.29, 1.82) is 0 Å². The molecule has 0 radical (unpaired) electrons. The van der Waals surface area contributed by atoms with E-state index in [0.29, 0.717) is 22.9 Å². The van der Waals surface area contributed by atoms with Crippen LogP contribution in [0.25, 0.3) is 0 Å². The predicted molar refractivity (Wildman–Crippen MR) is 78.9 cm³/mol. The van der Waals surface area contributed by atoms with Crippen molar-refractivity contribution in [3.63, 3.8) is 0 Å². The van der Waals surface area contributed by atoms with Crippen molar-refractivity contribution in [3.05, 3.63) is 23.8 Å². The number of esters is 1. The third-order valence-corrected chi connectivity index (χ3v) is 4.05. The summed E-state index contributed by atoms with van der Waals surface area (Å²) in [5.74, 6) is 0.775. The van der Waals surface area contributed by atoms with Crippen LogP contribution in [0.3, 0.4) is 0 Å². The second-order valence-corrected chi connectivity index (χ2v) is 5.40. The molecule has 0 bridgehead atoms. The summed E-state index contributed by atoms with van der Waals surface area (Å²) in [6.45, 7) is 2.21. The highest BCUT2D eigenvalue weighted by atomic mass is 16.5. The molecule has 0 aromatic heterocycles. The number of nitrogens with two attached hydrogens (primary N) is 1. The number of nitrogen functional groups attached to an aromatic ring is 1. The lowest BCUT2D eigenvalue weighted by Crippen LogP contribution is -2.26. The van der Waals surface area contributed by atoms with E-state index in [1.165, 1.54) is 26.4 Å². The highest BCUT2D eigenvalue weighted by Crippen LogP contribution is 2.33. The zero-order chi connectivity index (χ0) is 14.5. The van der Waals surface area contributed by atoms with Gasteiger partial charge in [0, 0.05) is 0 Å². The topological polar surface area (TPSA) is 61.5 Å². The molecule has 0 heterocycles. The third kappa shape index (κ3) is 3.24. The quantitative estimate of drug-likeness (QED) is 0.676. The third-order valence-electron chi connectivity index (χ3n) is 4.05. The normalized spacial score (nSPS) is 22.3. The number of anilines is 1. The fourth-order valence-corrected chi connectivity index (χ4v) is 2.84. The van der Waals surface area contributed by atoms with E-state index < -0.39 is 5.97 Å². The van der Waals surface area contributed by atoms with Crippen LogP contribution in [0, 0.1) is 5.92 Å². The van der Waals surface area contributed by atoms with Crippen molar-refractivity contribution < 1.29 is 14.3 Å². The van der Waals surface area contributed by atoms with Crippen molar-refractivity contribution >= 4 is 11.7 Å². The Morgan fingerprint density at radius 1 is 1.40 bits per heavy atom. The smallest absolute Gasteiger partial charge is 0.341 e. The number of hydrogen-bond donors (Lipinski definition) is 1. The molecular formula is C16H23NO3. The lowest BCUT2D eigenvalue weighted by Gasteiger charge is -2.29. The molecule has 1 aromatic carbocycles. The number of carbonyl (C=O) groups excluding carboxylic acids is 1. The Hall–Kier alpha value is -1.71. The Bertz CT molecular complexity index is 473. The Labute approximate surface area is 120 Å². The molecule has 1 aliphatic carbocycles. The van der Waals surface area contributed by atoms with Crippen LogP contribution in [0.1, 0.15) is 49.4 Å². The maximum Gasteiger partial charge on any atom is 0.341 e. The first-order chi connectivity index (χ1) is 9.65. The Kier molecular flexibility index (Phi) is 4.88. The summed E-state index contributed by atoms with van der Waals surface area (Å²) in [4.78, 5) is 11.8. The van der Waals surface area contributed by atoms with E-state index in [0.717, 1.165) is 12.8 Å². The molecule has 4 nitrogen and oxygen atoms in total. The van der Waals surface area contributed by atoms with Crippen LogP contribution in [0.15, 0.2) is 18.2 Å². The van der Waals surface area contributed by atoms with Crippen molar-refractivity contribution in [2.45, 2.75) is 45.1 Å². The van der Waals surface area contributed by atoms with Gasteiger partial charge in [0.2, 0.25) is 0 Å². The van der Waals surface area contributed by atoms with E-state index in [4.69, 9.17) is 15.2 Å². The van der Waals surface area contributed by atoms with Crippen molar-refractivity contribution in [2.24, 2.45) is 5.92 Å². The van der Waals surface area contributed by atoms with E-state index in [1.807, 2.05) is 0 Å². The molecule has 2 unspecified atom stereocenters. The minimum atomic E-state index is -0.407. The van der Waals surface area contributed by atoms with E-state index in [9.17, 15) is 4.79 Å². The van der Waals surface area contributed by atoms with Gasteiger partial charge in [-0.05, 0) is 37.3 Å². The summed E-state index contributed by atoms with van der Waals surface area (Å²) in [7, 11) is 1.36. The van der Waals surface area contributed by atoms with Crippen LogP contribution >= 0.6 is 0 Å². The molecular weight excluding hydrogens is 254 g/mol. The van der Waals surface area contributed by atoms with Gasteiger partial charge < -0.3 is 15.2 Å². The van der Waals surface area contributed by atoms with Gasteiger partial charge >= 0.3 is 5.97 Å². The summed E-state index contributed by atoms with van der Waals surface area (Å²) in [5, 5.41) is 0. The molecule has 2 N–H and O–H groups in total. The molecule has 110 valence electrons. The van der Waals surface area contributed by atoms with Crippen molar-refractivity contribution in [2.75, 3.05) is 12.8 Å². The maximum atomic E-state index is 11.8.